The quantitative estimate of drug-likeness (QED) is 0.818. The van der Waals surface area contributed by atoms with Gasteiger partial charge in [-0.1, -0.05) is 0 Å². The molecule has 1 N–H and O–H groups in total. The maximum atomic E-state index is 11.9. The Morgan fingerprint density at radius 3 is 3.05 bits per heavy atom. The van der Waals surface area contributed by atoms with Gasteiger partial charge in [0, 0.05) is 26.1 Å². The lowest BCUT2D eigenvalue weighted by Gasteiger charge is -2.32. The first-order chi connectivity index (χ1) is 9.65. The van der Waals surface area contributed by atoms with Crippen LogP contribution < -0.4 is 0 Å². The highest BCUT2D eigenvalue weighted by atomic mass is 16.5. The number of aliphatic hydroxyl groups excluding tert-OH is 1. The third-order valence-corrected chi connectivity index (χ3v) is 3.53. The van der Waals surface area contributed by atoms with E-state index in [0.717, 1.165) is 25.2 Å². The number of rotatable bonds is 5. The Morgan fingerprint density at radius 2 is 2.35 bits per heavy atom. The second kappa shape index (κ2) is 6.81. The average molecular weight is 282 g/mol. The van der Waals surface area contributed by atoms with E-state index < -0.39 is 0 Å². The highest BCUT2D eigenvalue weighted by Gasteiger charge is 2.28. The van der Waals surface area contributed by atoms with Crippen LogP contribution in [0.5, 0.6) is 0 Å². The minimum absolute atomic E-state index is 0.0159. The van der Waals surface area contributed by atoms with Crippen LogP contribution in [0, 0.1) is 6.92 Å². The summed E-state index contributed by atoms with van der Waals surface area (Å²) in [5.74, 6) is 1.76. The van der Waals surface area contributed by atoms with Crippen LogP contribution in [-0.2, 0) is 16.1 Å². The third-order valence-electron chi connectivity index (χ3n) is 3.53. The second-order valence-corrected chi connectivity index (χ2v) is 5.08. The number of carbonyl (C=O) groups is 1. The van der Waals surface area contributed by atoms with Gasteiger partial charge in [-0.3, -0.25) is 4.79 Å². The molecule has 2 heterocycles. The molecule has 0 spiro atoms. The van der Waals surface area contributed by atoms with Crippen molar-refractivity contribution in [1.82, 2.24) is 19.7 Å². The number of ether oxygens (including phenoxy) is 1. The van der Waals surface area contributed by atoms with E-state index in [1.54, 1.807) is 4.68 Å². The first-order valence-corrected chi connectivity index (χ1v) is 6.94. The van der Waals surface area contributed by atoms with Crippen molar-refractivity contribution < 1.29 is 14.6 Å². The molecular weight excluding hydrogens is 260 g/mol. The molecule has 0 radical (unpaired) electrons. The summed E-state index contributed by atoms with van der Waals surface area (Å²) in [7, 11) is 1.53. The Kier molecular flexibility index (Phi) is 5.08. The number of hydrogen-bond acceptors (Lipinski definition) is 5. The number of carbonyl (C=O) groups excluding carboxylic acids is 1. The number of nitrogens with zero attached hydrogens (tertiary/aromatic N) is 4. The van der Waals surface area contributed by atoms with Crippen LogP contribution in [0.1, 0.15) is 30.4 Å². The molecule has 2 rings (SSSR count). The third kappa shape index (κ3) is 3.34. The van der Waals surface area contributed by atoms with Gasteiger partial charge in [0.25, 0.3) is 0 Å². The smallest absolute Gasteiger partial charge is 0.248 e. The van der Waals surface area contributed by atoms with Crippen LogP contribution in [0.3, 0.4) is 0 Å². The van der Waals surface area contributed by atoms with Gasteiger partial charge in [0.05, 0.1) is 13.2 Å². The summed E-state index contributed by atoms with van der Waals surface area (Å²) >= 11 is 0. The minimum atomic E-state index is 0.0159. The van der Waals surface area contributed by atoms with Gasteiger partial charge >= 0.3 is 0 Å². The molecule has 0 bridgehead atoms. The van der Waals surface area contributed by atoms with E-state index in [9.17, 15) is 4.79 Å². The molecule has 1 aromatic rings. The van der Waals surface area contributed by atoms with Crippen LogP contribution in [0.25, 0.3) is 0 Å². The zero-order valence-corrected chi connectivity index (χ0v) is 12.1. The van der Waals surface area contributed by atoms with E-state index in [2.05, 4.69) is 10.1 Å². The van der Waals surface area contributed by atoms with Crippen LogP contribution in [0.15, 0.2) is 0 Å². The van der Waals surface area contributed by atoms with Gasteiger partial charge in [0.2, 0.25) is 5.91 Å². The van der Waals surface area contributed by atoms with E-state index in [1.165, 1.54) is 7.11 Å². The standard InChI is InChI=1S/C13H22N4O3/c1-10-14-13(17(15-10)6-7-18)11-4-3-5-16(8-11)12(19)9-20-2/h11,18H,3-9H2,1-2H3/t11-/m0/s1. The zero-order chi connectivity index (χ0) is 14.5. The van der Waals surface area contributed by atoms with Gasteiger partial charge in [-0.15, -0.1) is 0 Å². The predicted molar refractivity (Wildman–Crippen MR) is 72.3 cm³/mol. The minimum Gasteiger partial charge on any atom is -0.394 e. The van der Waals surface area contributed by atoms with Crippen molar-refractivity contribution in [2.24, 2.45) is 0 Å². The summed E-state index contributed by atoms with van der Waals surface area (Å²) in [6.07, 6.45) is 1.94. The van der Waals surface area contributed by atoms with E-state index >= 15 is 0 Å². The van der Waals surface area contributed by atoms with Crippen molar-refractivity contribution in [3.63, 3.8) is 0 Å². The molecule has 1 atom stereocenters. The Morgan fingerprint density at radius 1 is 1.55 bits per heavy atom. The van der Waals surface area contributed by atoms with E-state index in [4.69, 9.17) is 9.84 Å². The number of aliphatic hydroxyl groups is 1. The van der Waals surface area contributed by atoms with Gasteiger partial charge in [0.1, 0.15) is 18.3 Å². The summed E-state index contributed by atoms with van der Waals surface area (Å²) < 4.78 is 6.66. The zero-order valence-electron chi connectivity index (χ0n) is 12.1. The van der Waals surface area contributed by atoms with E-state index in [1.807, 2.05) is 11.8 Å². The fourth-order valence-electron chi connectivity index (χ4n) is 2.66. The van der Waals surface area contributed by atoms with Crippen molar-refractivity contribution in [1.29, 1.82) is 0 Å². The lowest BCUT2D eigenvalue weighted by atomic mass is 9.97. The number of aryl methyl sites for hydroxylation is 1. The van der Waals surface area contributed by atoms with Gasteiger partial charge in [-0.25, -0.2) is 9.67 Å². The van der Waals surface area contributed by atoms with Crippen LogP contribution in [-0.4, -0.2) is 64.1 Å². The summed E-state index contributed by atoms with van der Waals surface area (Å²) in [5.41, 5.74) is 0. The maximum Gasteiger partial charge on any atom is 0.248 e. The van der Waals surface area contributed by atoms with Gasteiger partial charge in [-0.2, -0.15) is 5.10 Å². The Hall–Kier alpha value is -1.47. The average Bonchev–Trinajstić information content (AvgIpc) is 2.81. The lowest BCUT2D eigenvalue weighted by molar-refractivity contribution is -0.136. The topological polar surface area (TPSA) is 80.5 Å². The number of amides is 1. The van der Waals surface area contributed by atoms with Crippen molar-refractivity contribution in [3.05, 3.63) is 11.6 Å². The van der Waals surface area contributed by atoms with E-state index in [-0.39, 0.29) is 25.0 Å². The van der Waals surface area contributed by atoms with Gasteiger partial charge in [-0.05, 0) is 19.8 Å². The summed E-state index contributed by atoms with van der Waals surface area (Å²) in [6, 6.07) is 0. The molecule has 20 heavy (non-hydrogen) atoms. The molecule has 1 fully saturated rings. The largest absolute Gasteiger partial charge is 0.394 e. The Balaban J connectivity index is 2.10. The molecule has 0 saturated carbocycles. The van der Waals surface area contributed by atoms with Gasteiger partial charge < -0.3 is 14.7 Å². The SMILES string of the molecule is COCC(=O)N1CCC[C@H](c2nc(C)nn2CCO)C1. The summed E-state index contributed by atoms with van der Waals surface area (Å²) in [4.78, 5) is 18.2. The molecule has 1 saturated heterocycles. The van der Waals surface area contributed by atoms with Crippen LogP contribution in [0.4, 0.5) is 0 Å². The molecule has 1 amide bonds. The van der Waals surface area contributed by atoms with E-state index in [0.29, 0.717) is 18.9 Å². The first kappa shape index (κ1) is 14.9. The highest BCUT2D eigenvalue weighted by molar-refractivity contribution is 5.77. The highest BCUT2D eigenvalue weighted by Crippen LogP contribution is 2.25. The molecule has 7 nitrogen and oxygen atoms in total. The normalized spacial score (nSPS) is 19.4. The van der Waals surface area contributed by atoms with Crippen LogP contribution in [0.2, 0.25) is 0 Å². The molecule has 0 aromatic carbocycles. The van der Waals surface area contributed by atoms with Crippen molar-refractivity contribution in [2.75, 3.05) is 33.4 Å². The molecule has 1 aliphatic heterocycles. The molecule has 0 aliphatic carbocycles. The Labute approximate surface area is 118 Å². The molecular formula is C13H22N4O3. The lowest BCUT2D eigenvalue weighted by Crippen LogP contribution is -2.41. The number of aromatic nitrogens is 3. The monoisotopic (exact) mass is 282 g/mol. The molecule has 1 aromatic heterocycles. The van der Waals surface area contributed by atoms with Gasteiger partial charge in [0.15, 0.2) is 0 Å². The molecule has 0 unspecified atom stereocenters. The second-order valence-electron chi connectivity index (χ2n) is 5.08. The first-order valence-electron chi connectivity index (χ1n) is 6.94. The molecule has 1 aliphatic rings. The number of hydrogen-bond donors (Lipinski definition) is 1. The predicted octanol–water partition coefficient (Wildman–Crippen LogP) is -0.0688. The number of piperidine rings is 1. The number of methoxy groups -OCH3 is 1. The van der Waals surface area contributed by atoms with Crippen molar-refractivity contribution in [3.8, 4) is 0 Å². The maximum absolute atomic E-state index is 11.9. The number of likely N-dealkylation sites (tertiary alicyclic amines) is 1. The summed E-state index contributed by atoms with van der Waals surface area (Å²) in [6.45, 7) is 3.86. The fourth-order valence-corrected chi connectivity index (χ4v) is 2.66. The molecule has 7 heteroatoms. The van der Waals surface area contributed by atoms with Crippen LogP contribution >= 0.6 is 0 Å². The summed E-state index contributed by atoms with van der Waals surface area (Å²) in [5, 5.41) is 13.4. The molecule has 112 valence electrons. The Bertz CT molecular complexity index is 460. The fraction of sp³-hybridized carbons (Fsp3) is 0.769. The van der Waals surface area contributed by atoms with Crippen molar-refractivity contribution in [2.45, 2.75) is 32.2 Å². The van der Waals surface area contributed by atoms with Crippen molar-refractivity contribution >= 4 is 5.91 Å².